The van der Waals surface area contributed by atoms with Gasteiger partial charge in [-0.05, 0) is 24.6 Å². The van der Waals surface area contributed by atoms with Crippen molar-refractivity contribution in [3.63, 3.8) is 0 Å². The Labute approximate surface area is 146 Å². The van der Waals surface area contributed by atoms with Crippen LogP contribution in [0, 0.1) is 0 Å². The maximum absolute atomic E-state index is 12.7. The van der Waals surface area contributed by atoms with Gasteiger partial charge in [0.1, 0.15) is 11.3 Å². The van der Waals surface area contributed by atoms with Crippen molar-refractivity contribution in [1.82, 2.24) is 0 Å². The van der Waals surface area contributed by atoms with Crippen LogP contribution in [0.15, 0.2) is 63.8 Å². The molecule has 1 aromatic heterocycles. The van der Waals surface area contributed by atoms with Crippen LogP contribution in [0.1, 0.15) is 37.3 Å². The highest BCUT2D eigenvalue weighted by Crippen LogP contribution is 2.46. The Morgan fingerprint density at radius 2 is 1.84 bits per heavy atom. The fraction of sp³-hybridized carbons (Fsp3) is 0.286. The minimum absolute atomic E-state index is 0.137. The molecule has 128 valence electrons. The SMILES string of the molecule is CCOC1(C)CC(c2ccccc2)c2c(c3ccccc3oc2=O)O1. The molecule has 0 saturated heterocycles. The van der Waals surface area contributed by atoms with Crippen molar-refractivity contribution in [2.75, 3.05) is 6.61 Å². The normalized spacial score (nSPS) is 22.4. The predicted octanol–water partition coefficient (Wildman–Crippen LogP) is 4.46. The summed E-state index contributed by atoms with van der Waals surface area (Å²) in [6.45, 7) is 4.41. The highest BCUT2D eigenvalue weighted by molar-refractivity contribution is 5.85. The van der Waals surface area contributed by atoms with E-state index in [0.717, 1.165) is 10.9 Å². The van der Waals surface area contributed by atoms with E-state index in [0.29, 0.717) is 29.9 Å². The van der Waals surface area contributed by atoms with E-state index >= 15 is 0 Å². The van der Waals surface area contributed by atoms with Crippen LogP contribution in [0.5, 0.6) is 5.75 Å². The van der Waals surface area contributed by atoms with Gasteiger partial charge in [0.15, 0.2) is 0 Å². The van der Waals surface area contributed by atoms with Crippen molar-refractivity contribution in [3.05, 3.63) is 76.1 Å². The maximum Gasteiger partial charge on any atom is 0.343 e. The summed E-state index contributed by atoms with van der Waals surface area (Å²) in [6, 6.07) is 17.4. The molecule has 0 saturated carbocycles. The Bertz CT molecular complexity index is 961. The molecule has 1 aliphatic heterocycles. The van der Waals surface area contributed by atoms with Gasteiger partial charge in [-0.3, -0.25) is 0 Å². The molecule has 1 aliphatic rings. The molecular formula is C21H20O4. The Morgan fingerprint density at radius 3 is 2.60 bits per heavy atom. The number of fused-ring (bicyclic) bond motifs is 3. The van der Waals surface area contributed by atoms with Crippen LogP contribution >= 0.6 is 0 Å². The Kier molecular flexibility index (Phi) is 3.85. The molecule has 4 nitrogen and oxygen atoms in total. The smallest absolute Gasteiger partial charge is 0.343 e. The molecule has 4 rings (SSSR count). The van der Waals surface area contributed by atoms with Crippen molar-refractivity contribution in [1.29, 1.82) is 0 Å². The fourth-order valence-electron chi connectivity index (χ4n) is 3.64. The van der Waals surface area contributed by atoms with Gasteiger partial charge >= 0.3 is 5.63 Å². The zero-order valence-electron chi connectivity index (χ0n) is 14.3. The van der Waals surface area contributed by atoms with E-state index in [1.807, 2.05) is 62.4 Å². The van der Waals surface area contributed by atoms with E-state index in [4.69, 9.17) is 13.9 Å². The lowest BCUT2D eigenvalue weighted by atomic mass is 9.83. The molecule has 2 atom stereocenters. The van der Waals surface area contributed by atoms with Crippen LogP contribution in [0.25, 0.3) is 11.0 Å². The molecule has 0 aliphatic carbocycles. The minimum Gasteiger partial charge on any atom is -0.461 e. The number of hydrogen-bond donors (Lipinski definition) is 0. The third kappa shape index (κ3) is 2.72. The van der Waals surface area contributed by atoms with E-state index in [9.17, 15) is 4.79 Å². The van der Waals surface area contributed by atoms with Crippen molar-refractivity contribution in [2.24, 2.45) is 0 Å². The molecule has 0 radical (unpaired) electrons. The second kappa shape index (κ2) is 6.05. The van der Waals surface area contributed by atoms with Gasteiger partial charge in [0.25, 0.3) is 0 Å². The monoisotopic (exact) mass is 336 g/mol. The molecular weight excluding hydrogens is 316 g/mol. The van der Waals surface area contributed by atoms with E-state index in [2.05, 4.69) is 0 Å². The van der Waals surface area contributed by atoms with Gasteiger partial charge in [-0.15, -0.1) is 0 Å². The van der Waals surface area contributed by atoms with Gasteiger partial charge in [0.05, 0.1) is 10.9 Å². The molecule has 0 bridgehead atoms. The lowest BCUT2D eigenvalue weighted by Crippen LogP contribution is -2.42. The number of ether oxygens (including phenoxy) is 2. The van der Waals surface area contributed by atoms with Gasteiger partial charge in [-0.2, -0.15) is 0 Å². The standard InChI is InChI=1S/C21H20O4/c1-3-23-21(2)13-16(14-9-5-4-6-10-14)18-19(25-21)15-11-7-8-12-17(15)24-20(18)22/h4-12,16H,3,13H2,1-2H3. The molecule has 3 aromatic rings. The first-order valence-electron chi connectivity index (χ1n) is 8.55. The van der Waals surface area contributed by atoms with Gasteiger partial charge in [-0.25, -0.2) is 4.79 Å². The summed E-state index contributed by atoms with van der Waals surface area (Å²) in [5.41, 5.74) is 1.81. The number of hydrogen-bond acceptors (Lipinski definition) is 4. The summed E-state index contributed by atoms with van der Waals surface area (Å²) in [6.07, 6.45) is 0.557. The second-order valence-electron chi connectivity index (χ2n) is 6.46. The lowest BCUT2D eigenvalue weighted by Gasteiger charge is -2.39. The quantitative estimate of drug-likeness (QED) is 0.663. The van der Waals surface area contributed by atoms with Crippen molar-refractivity contribution in [2.45, 2.75) is 32.0 Å². The molecule has 0 N–H and O–H groups in total. The van der Waals surface area contributed by atoms with Crippen molar-refractivity contribution < 1.29 is 13.9 Å². The summed E-state index contributed by atoms with van der Waals surface area (Å²) in [7, 11) is 0. The third-order valence-electron chi connectivity index (χ3n) is 4.69. The first-order valence-corrected chi connectivity index (χ1v) is 8.55. The zero-order chi connectivity index (χ0) is 17.4. The minimum atomic E-state index is -0.793. The Morgan fingerprint density at radius 1 is 1.12 bits per heavy atom. The molecule has 4 heteroatoms. The van der Waals surface area contributed by atoms with E-state index < -0.39 is 5.79 Å². The number of para-hydroxylation sites is 1. The van der Waals surface area contributed by atoms with Crippen LogP contribution in [-0.4, -0.2) is 12.4 Å². The largest absolute Gasteiger partial charge is 0.461 e. The lowest BCUT2D eigenvalue weighted by molar-refractivity contribution is -0.179. The van der Waals surface area contributed by atoms with Crippen molar-refractivity contribution in [3.8, 4) is 5.75 Å². The first kappa shape index (κ1) is 15.9. The third-order valence-corrected chi connectivity index (χ3v) is 4.69. The van der Waals surface area contributed by atoms with E-state index in [1.54, 1.807) is 6.07 Å². The fourth-order valence-corrected chi connectivity index (χ4v) is 3.64. The predicted molar refractivity (Wildman–Crippen MR) is 96.0 cm³/mol. The maximum atomic E-state index is 12.7. The average molecular weight is 336 g/mol. The summed E-state index contributed by atoms with van der Waals surface area (Å²) < 4.78 is 17.7. The molecule has 0 amide bonds. The van der Waals surface area contributed by atoms with Crippen LogP contribution in [0.2, 0.25) is 0 Å². The number of benzene rings is 2. The summed E-state index contributed by atoms with van der Waals surface area (Å²) in [5, 5.41) is 0.795. The zero-order valence-corrected chi connectivity index (χ0v) is 14.3. The molecule has 0 spiro atoms. The summed E-state index contributed by atoms with van der Waals surface area (Å²) in [5.74, 6) is -0.357. The van der Waals surface area contributed by atoms with Gasteiger partial charge < -0.3 is 13.9 Å². The van der Waals surface area contributed by atoms with Crippen LogP contribution < -0.4 is 10.4 Å². The molecule has 0 fully saturated rings. The highest BCUT2D eigenvalue weighted by Gasteiger charge is 2.41. The molecule has 25 heavy (non-hydrogen) atoms. The van der Waals surface area contributed by atoms with Gasteiger partial charge in [0, 0.05) is 25.9 Å². The molecule has 2 aromatic carbocycles. The summed E-state index contributed by atoms with van der Waals surface area (Å²) in [4.78, 5) is 12.7. The summed E-state index contributed by atoms with van der Waals surface area (Å²) >= 11 is 0. The highest BCUT2D eigenvalue weighted by atomic mass is 16.7. The average Bonchev–Trinajstić information content (AvgIpc) is 2.62. The van der Waals surface area contributed by atoms with Crippen LogP contribution in [0.4, 0.5) is 0 Å². The molecule has 2 unspecified atom stereocenters. The van der Waals surface area contributed by atoms with Crippen molar-refractivity contribution >= 4 is 11.0 Å². The van der Waals surface area contributed by atoms with E-state index in [1.165, 1.54) is 0 Å². The van der Waals surface area contributed by atoms with E-state index in [-0.39, 0.29) is 11.5 Å². The van der Waals surface area contributed by atoms with Gasteiger partial charge in [0.2, 0.25) is 5.79 Å². The Balaban J connectivity index is 1.99. The number of rotatable bonds is 3. The first-order chi connectivity index (χ1) is 12.1. The van der Waals surface area contributed by atoms with Crippen LogP contribution in [0.3, 0.4) is 0 Å². The van der Waals surface area contributed by atoms with Gasteiger partial charge in [-0.1, -0.05) is 42.5 Å². The molecule has 2 heterocycles. The second-order valence-corrected chi connectivity index (χ2v) is 6.46. The topological polar surface area (TPSA) is 48.7 Å². The Hall–Kier alpha value is -2.59. The van der Waals surface area contributed by atoms with Crippen LogP contribution in [-0.2, 0) is 4.74 Å².